The molecule has 0 bridgehead atoms. The summed E-state index contributed by atoms with van der Waals surface area (Å²) in [5.41, 5.74) is 0.580. The number of carbonyl (C=O) groups excluding carboxylic acids is 3. The average Bonchev–Trinajstić information content (AvgIpc) is 2.97. The van der Waals surface area contributed by atoms with Crippen LogP contribution in [0.4, 0.5) is 0 Å². The lowest BCUT2D eigenvalue weighted by atomic mass is 9.86. The fourth-order valence-electron chi connectivity index (χ4n) is 2.70. The lowest BCUT2D eigenvalue weighted by Crippen LogP contribution is -2.42. The fraction of sp³-hybridized carbons (Fsp3) is 0.562. The zero-order chi connectivity index (χ0) is 16.1. The van der Waals surface area contributed by atoms with E-state index in [9.17, 15) is 14.4 Å². The molecule has 1 heterocycles. The topological polar surface area (TPSA) is 88.3 Å². The molecule has 2 rings (SSSR count). The Morgan fingerprint density at radius 3 is 2.68 bits per heavy atom. The molecule has 0 saturated heterocycles. The number of hydrogen-bond donors (Lipinski definition) is 2. The van der Waals surface area contributed by atoms with Crippen molar-refractivity contribution in [2.75, 3.05) is 6.61 Å². The highest BCUT2D eigenvalue weighted by Crippen LogP contribution is 2.23. The molecule has 1 aromatic rings. The van der Waals surface area contributed by atoms with Crippen molar-refractivity contribution in [3.05, 3.63) is 23.5 Å². The average molecular weight is 306 g/mol. The van der Waals surface area contributed by atoms with E-state index < -0.39 is 5.97 Å². The number of hydrogen-bond acceptors (Lipinski definition) is 4. The molecule has 2 atom stereocenters. The van der Waals surface area contributed by atoms with Crippen LogP contribution in [0.2, 0.25) is 0 Å². The summed E-state index contributed by atoms with van der Waals surface area (Å²) in [6.45, 7) is 3.23. The highest BCUT2D eigenvalue weighted by atomic mass is 16.5. The Balaban J connectivity index is 1.79. The zero-order valence-electron chi connectivity index (χ0n) is 13.0. The summed E-state index contributed by atoms with van der Waals surface area (Å²) in [6, 6.07) is 1.58. The van der Waals surface area contributed by atoms with E-state index in [0.29, 0.717) is 11.5 Å². The molecule has 1 saturated carbocycles. The second-order valence-corrected chi connectivity index (χ2v) is 5.87. The van der Waals surface area contributed by atoms with Crippen molar-refractivity contribution in [3.63, 3.8) is 0 Å². The predicted octanol–water partition coefficient (Wildman–Crippen LogP) is 2.07. The van der Waals surface area contributed by atoms with Crippen LogP contribution in [0.5, 0.6) is 0 Å². The molecule has 1 fully saturated rings. The molecule has 1 aliphatic rings. The number of ketones is 1. The zero-order valence-corrected chi connectivity index (χ0v) is 13.0. The number of rotatable bonds is 5. The van der Waals surface area contributed by atoms with E-state index in [-0.39, 0.29) is 30.0 Å². The largest absolute Gasteiger partial charge is 0.451 e. The van der Waals surface area contributed by atoms with E-state index in [2.05, 4.69) is 17.2 Å². The van der Waals surface area contributed by atoms with Gasteiger partial charge in [0.15, 0.2) is 12.4 Å². The van der Waals surface area contributed by atoms with E-state index in [1.807, 2.05) is 0 Å². The lowest BCUT2D eigenvalue weighted by molar-refractivity contribution is -0.125. The van der Waals surface area contributed by atoms with Gasteiger partial charge in [0.25, 0.3) is 5.91 Å². The van der Waals surface area contributed by atoms with E-state index >= 15 is 0 Å². The van der Waals surface area contributed by atoms with Gasteiger partial charge in [-0.25, -0.2) is 4.79 Å². The van der Waals surface area contributed by atoms with Crippen LogP contribution in [0.1, 0.15) is 60.4 Å². The highest BCUT2D eigenvalue weighted by Gasteiger charge is 2.23. The second-order valence-electron chi connectivity index (χ2n) is 5.87. The Kier molecular flexibility index (Phi) is 5.35. The molecule has 1 amide bonds. The van der Waals surface area contributed by atoms with Gasteiger partial charge in [-0.3, -0.25) is 9.59 Å². The first-order valence-electron chi connectivity index (χ1n) is 7.63. The fourth-order valence-corrected chi connectivity index (χ4v) is 2.70. The molecule has 22 heavy (non-hydrogen) atoms. The molecule has 2 N–H and O–H groups in total. The van der Waals surface area contributed by atoms with Crippen molar-refractivity contribution >= 4 is 17.7 Å². The number of amides is 1. The van der Waals surface area contributed by atoms with E-state index in [1.165, 1.54) is 25.6 Å². The summed E-state index contributed by atoms with van der Waals surface area (Å²) in [7, 11) is 0. The molecule has 120 valence electrons. The Hall–Kier alpha value is -2.11. The molecule has 6 nitrogen and oxygen atoms in total. The second kappa shape index (κ2) is 7.24. The molecule has 0 unspecified atom stereocenters. The Morgan fingerprint density at radius 2 is 2.05 bits per heavy atom. The molecule has 1 aliphatic carbocycles. The van der Waals surface area contributed by atoms with Crippen molar-refractivity contribution in [1.29, 1.82) is 0 Å². The third kappa shape index (κ3) is 4.19. The van der Waals surface area contributed by atoms with Gasteiger partial charge >= 0.3 is 5.97 Å². The van der Waals surface area contributed by atoms with Gasteiger partial charge in [0, 0.05) is 17.8 Å². The first-order chi connectivity index (χ1) is 10.5. The molecular formula is C16H22N2O4. The summed E-state index contributed by atoms with van der Waals surface area (Å²) in [5.74, 6) is -0.612. The summed E-state index contributed by atoms with van der Waals surface area (Å²) >= 11 is 0. The van der Waals surface area contributed by atoms with Crippen molar-refractivity contribution in [2.24, 2.45) is 5.92 Å². The van der Waals surface area contributed by atoms with Crippen molar-refractivity contribution in [3.8, 4) is 0 Å². The van der Waals surface area contributed by atoms with Gasteiger partial charge in [-0.2, -0.15) is 0 Å². The van der Waals surface area contributed by atoms with Crippen LogP contribution in [0.3, 0.4) is 0 Å². The monoisotopic (exact) mass is 306 g/mol. The van der Waals surface area contributed by atoms with Crippen molar-refractivity contribution in [2.45, 2.75) is 45.6 Å². The van der Waals surface area contributed by atoms with E-state index in [4.69, 9.17) is 4.74 Å². The summed E-state index contributed by atoms with van der Waals surface area (Å²) in [4.78, 5) is 37.5. The maximum Gasteiger partial charge on any atom is 0.355 e. The number of carbonyl (C=O) groups is 3. The SMILES string of the molecule is CC(=O)c1c[nH]c(C(=O)OCC(=O)N[C@H]2CCCC[C@@H]2C)c1. The quantitative estimate of drug-likeness (QED) is 0.644. The molecule has 0 spiro atoms. The van der Waals surface area contributed by atoms with Crippen molar-refractivity contribution < 1.29 is 19.1 Å². The maximum absolute atomic E-state index is 11.9. The standard InChI is InChI=1S/C16H22N2O4/c1-10-5-3-4-6-13(10)18-15(20)9-22-16(21)14-7-12(8-17-14)11(2)19/h7-8,10,13,17H,3-6,9H2,1-2H3,(H,18,20)/t10-,13-/m0/s1. The van der Waals surface area contributed by atoms with Gasteiger partial charge in [-0.1, -0.05) is 19.8 Å². The third-order valence-corrected chi connectivity index (χ3v) is 4.10. The molecular weight excluding hydrogens is 284 g/mol. The van der Waals surface area contributed by atoms with E-state index in [0.717, 1.165) is 19.3 Å². The van der Waals surface area contributed by atoms with Gasteiger partial charge in [0.1, 0.15) is 5.69 Å². The number of ether oxygens (including phenoxy) is 1. The molecule has 0 aliphatic heterocycles. The van der Waals surface area contributed by atoms with E-state index in [1.54, 1.807) is 0 Å². The predicted molar refractivity (Wildman–Crippen MR) is 80.6 cm³/mol. The molecule has 1 aromatic heterocycles. The van der Waals surface area contributed by atoms with Crippen LogP contribution in [0.15, 0.2) is 12.3 Å². The number of aromatic nitrogens is 1. The van der Waals surface area contributed by atoms with Gasteiger partial charge in [0.2, 0.25) is 0 Å². The smallest absolute Gasteiger partial charge is 0.355 e. The number of aromatic amines is 1. The first-order valence-corrected chi connectivity index (χ1v) is 7.63. The van der Waals surface area contributed by atoms with Crippen LogP contribution in [0, 0.1) is 5.92 Å². The molecule has 0 aromatic carbocycles. The minimum absolute atomic E-state index is 0.140. The van der Waals surface area contributed by atoms with Crippen LogP contribution < -0.4 is 5.32 Å². The Labute approximate surface area is 129 Å². The van der Waals surface area contributed by atoms with Gasteiger partial charge in [0.05, 0.1) is 0 Å². The normalized spacial score (nSPS) is 21.2. The Bertz CT molecular complexity index is 564. The minimum Gasteiger partial charge on any atom is -0.451 e. The first kappa shape index (κ1) is 16.3. The summed E-state index contributed by atoms with van der Waals surface area (Å²) < 4.78 is 4.97. The molecule has 0 radical (unpaired) electrons. The van der Waals surface area contributed by atoms with Crippen LogP contribution in [-0.4, -0.2) is 35.3 Å². The number of Topliss-reactive ketones (excluding diaryl/α,β-unsaturated/α-hetero) is 1. The van der Waals surface area contributed by atoms with Crippen molar-refractivity contribution in [1.82, 2.24) is 10.3 Å². The van der Waals surface area contributed by atoms with Gasteiger partial charge in [-0.05, 0) is 31.7 Å². The van der Waals surface area contributed by atoms with Gasteiger partial charge in [-0.15, -0.1) is 0 Å². The molecule has 6 heteroatoms. The summed E-state index contributed by atoms with van der Waals surface area (Å²) in [5, 5.41) is 2.92. The third-order valence-electron chi connectivity index (χ3n) is 4.10. The Morgan fingerprint density at radius 1 is 1.32 bits per heavy atom. The van der Waals surface area contributed by atoms with Crippen LogP contribution in [0.25, 0.3) is 0 Å². The number of nitrogens with one attached hydrogen (secondary N) is 2. The minimum atomic E-state index is -0.639. The van der Waals surface area contributed by atoms with Crippen LogP contribution in [-0.2, 0) is 9.53 Å². The number of H-pyrrole nitrogens is 1. The van der Waals surface area contributed by atoms with Gasteiger partial charge < -0.3 is 15.0 Å². The highest BCUT2D eigenvalue weighted by molar-refractivity contribution is 5.97. The lowest BCUT2D eigenvalue weighted by Gasteiger charge is -2.29. The number of esters is 1. The van der Waals surface area contributed by atoms with Crippen LogP contribution >= 0.6 is 0 Å². The summed E-state index contributed by atoms with van der Waals surface area (Å²) in [6.07, 6.45) is 5.85. The maximum atomic E-state index is 11.9.